The van der Waals surface area contributed by atoms with Gasteiger partial charge in [0.25, 0.3) is 0 Å². The van der Waals surface area contributed by atoms with Crippen molar-refractivity contribution in [3.05, 3.63) is 83.4 Å². The summed E-state index contributed by atoms with van der Waals surface area (Å²) in [5.74, 6) is -2.04. The molecule has 0 bridgehead atoms. The van der Waals surface area contributed by atoms with Crippen LogP contribution >= 0.6 is 0 Å². The lowest BCUT2D eigenvalue weighted by Gasteiger charge is -2.27. The molecule has 1 unspecified atom stereocenters. The second-order valence-corrected chi connectivity index (χ2v) is 8.97. The highest BCUT2D eigenvalue weighted by Gasteiger charge is 2.38. The number of hydrogen-bond acceptors (Lipinski definition) is 6. The summed E-state index contributed by atoms with van der Waals surface area (Å²) in [6, 6.07) is 20.5. The van der Waals surface area contributed by atoms with Crippen molar-refractivity contribution in [2.75, 3.05) is 19.7 Å². The normalized spacial score (nSPS) is 15.1. The van der Waals surface area contributed by atoms with Crippen LogP contribution in [0.5, 0.6) is 11.5 Å². The van der Waals surface area contributed by atoms with E-state index in [0.717, 1.165) is 46.6 Å². The molecule has 0 saturated heterocycles. The second-order valence-electron chi connectivity index (χ2n) is 8.97. The minimum Gasteiger partial charge on any atom is -0.494 e. The molecule has 3 aromatic carbocycles. The molecule has 4 rings (SSSR count). The maximum absolute atomic E-state index is 11.1. The summed E-state index contributed by atoms with van der Waals surface area (Å²) in [7, 11) is 0. The molecule has 1 aliphatic rings. The average Bonchev–Trinajstić information content (AvgIpc) is 2.93. The van der Waals surface area contributed by atoms with Crippen LogP contribution < -0.4 is 14.8 Å². The Balaban J connectivity index is 0.000000559. The van der Waals surface area contributed by atoms with E-state index in [9.17, 15) is 23.1 Å². The number of carbonyl (C=O) groups is 2. The van der Waals surface area contributed by atoms with Crippen molar-refractivity contribution < 1.29 is 47.6 Å². The number of hydrogen-bond donors (Lipinski definition) is 4. The molecule has 0 saturated carbocycles. The van der Waals surface area contributed by atoms with Gasteiger partial charge in [-0.25, -0.2) is 9.59 Å². The van der Waals surface area contributed by atoms with Gasteiger partial charge in [-0.3, -0.25) is 0 Å². The molecular formula is C29H30F3NO7. The molecule has 8 nitrogen and oxygen atoms in total. The Morgan fingerprint density at radius 3 is 2.35 bits per heavy atom. The SMILES string of the molecule is CCOc1cccc(C(O)CNC[C@H]2CCc3cc(-c4ccc(C(=O)O)cc4)ccc3O2)c1.O=C(O)C(F)(F)F. The van der Waals surface area contributed by atoms with E-state index < -0.39 is 24.2 Å². The van der Waals surface area contributed by atoms with Gasteiger partial charge in [0.15, 0.2) is 0 Å². The Bertz CT molecular complexity index is 1300. The number of carboxylic acid groups (broad SMARTS) is 2. The van der Waals surface area contributed by atoms with Crippen LogP contribution in [0.15, 0.2) is 66.7 Å². The monoisotopic (exact) mass is 561 g/mol. The lowest BCUT2D eigenvalue weighted by Crippen LogP contribution is -2.36. The quantitative estimate of drug-likeness (QED) is 0.284. The predicted molar refractivity (Wildman–Crippen MR) is 141 cm³/mol. The number of benzene rings is 3. The Labute approximate surface area is 229 Å². The van der Waals surface area contributed by atoms with Gasteiger partial charge in [-0.15, -0.1) is 0 Å². The van der Waals surface area contributed by atoms with Gasteiger partial charge in [0, 0.05) is 13.1 Å². The van der Waals surface area contributed by atoms with Gasteiger partial charge in [-0.2, -0.15) is 13.2 Å². The molecular weight excluding hydrogens is 531 g/mol. The molecule has 40 heavy (non-hydrogen) atoms. The van der Waals surface area contributed by atoms with Crippen molar-refractivity contribution in [1.29, 1.82) is 0 Å². The van der Waals surface area contributed by atoms with E-state index in [4.69, 9.17) is 24.5 Å². The number of aliphatic carboxylic acids is 1. The first-order valence-electron chi connectivity index (χ1n) is 12.5. The zero-order valence-electron chi connectivity index (χ0n) is 21.6. The number of aromatic carboxylic acids is 1. The summed E-state index contributed by atoms with van der Waals surface area (Å²) >= 11 is 0. The zero-order valence-corrected chi connectivity index (χ0v) is 21.6. The Morgan fingerprint density at radius 2 is 1.73 bits per heavy atom. The molecule has 1 heterocycles. The highest BCUT2D eigenvalue weighted by Crippen LogP contribution is 2.32. The number of nitrogens with one attached hydrogen (secondary N) is 1. The van der Waals surface area contributed by atoms with E-state index in [1.165, 1.54) is 0 Å². The van der Waals surface area contributed by atoms with Gasteiger partial charge >= 0.3 is 18.1 Å². The van der Waals surface area contributed by atoms with Crippen LogP contribution in [-0.4, -0.2) is 59.2 Å². The molecule has 2 atom stereocenters. The molecule has 0 aromatic heterocycles. The van der Waals surface area contributed by atoms with E-state index in [1.54, 1.807) is 12.1 Å². The fourth-order valence-electron chi connectivity index (χ4n) is 4.05. The van der Waals surface area contributed by atoms with Gasteiger partial charge < -0.3 is 30.1 Å². The summed E-state index contributed by atoms with van der Waals surface area (Å²) in [5, 5.41) is 30.0. The van der Waals surface area contributed by atoms with Gasteiger partial charge in [0.05, 0.1) is 18.3 Å². The highest BCUT2D eigenvalue weighted by molar-refractivity contribution is 5.88. The van der Waals surface area contributed by atoms with Crippen molar-refractivity contribution in [3.63, 3.8) is 0 Å². The minimum absolute atomic E-state index is 0.0418. The summed E-state index contributed by atoms with van der Waals surface area (Å²) in [6.07, 6.45) is -3.87. The van der Waals surface area contributed by atoms with E-state index >= 15 is 0 Å². The fraction of sp³-hybridized carbons (Fsp3) is 0.310. The number of aliphatic hydroxyl groups is 1. The van der Waals surface area contributed by atoms with Crippen LogP contribution in [0.1, 0.15) is 40.9 Å². The molecule has 0 fully saturated rings. The molecule has 0 spiro atoms. The number of aryl methyl sites for hydroxylation is 1. The summed E-state index contributed by atoms with van der Waals surface area (Å²) in [6.45, 7) is 3.62. The van der Waals surface area contributed by atoms with Crippen molar-refractivity contribution in [3.8, 4) is 22.6 Å². The number of alkyl halides is 3. The van der Waals surface area contributed by atoms with E-state index in [2.05, 4.69) is 11.4 Å². The summed E-state index contributed by atoms with van der Waals surface area (Å²) in [5.41, 5.74) is 4.28. The molecule has 214 valence electrons. The van der Waals surface area contributed by atoms with Gasteiger partial charge in [0.2, 0.25) is 0 Å². The Kier molecular flexibility index (Phi) is 10.5. The van der Waals surface area contributed by atoms with Crippen LogP contribution in [0.3, 0.4) is 0 Å². The first-order chi connectivity index (χ1) is 19.0. The smallest absolute Gasteiger partial charge is 0.490 e. The Hall–Kier alpha value is -4.09. The first-order valence-corrected chi connectivity index (χ1v) is 12.5. The largest absolute Gasteiger partial charge is 0.494 e. The van der Waals surface area contributed by atoms with E-state index in [1.807, 2.05) is 55.5 Å². The first kappa shape index (κ1) is 30.5. The zero-order chi connectivity index (χ0) is 29.3. The molecule has 4 N–H and O–H groups in total. The average molecular weight is 562 g/mol. The van der Waals surface area contributed by atoms with Crippen molar-refractivity contribution >= 4 is 11.9 Å². The number of fused-ring (bicyclic) bond motifs is 1. The topological polar surface area (TPSA) is 125 Å². The highest BCUT2D eigenvalue weighted by atomic mass is 19.4. The van der Waals surface area contributed by atoms with Gasteiger partial charge in [-0.1, -0.05) is 30.3 Å². The van der Waals surface area contributed by atoms with E-state index in [-0.39, 0.29) is 11.7 Å². The van der Waals surface area contributed by atoms with Gasteiger partial charge in [0.1, 0.15) is 17.6 Å². The maximum atomic E-state index is 11.1. The fourth-order valence-corrected chi connectivity index (χ4v) is 4.05. The standard InChI is InChI=1S/C27H29NO5.C2HF3O2/c1-2-32-23-5-3-4-21(15-23)25(29)17-28-16-24-12-10-22-14-20(11-13-26(22)33-24)18-6-8-19(9-7-18)27(30)31;3-2(4,5)1(6)7/h3-9,11,13-15,24-25,28-29H,2,10,12,16-17H2,1H3,(H,30,31);(H,6,7)/t24-,25?;/m1./s1. The van der Waals surface area contributed by atoms with Crippen LogP contribution in [-0.2, 0) is 11.2 Å². The molecule has 0 aliphatic carbocycles. The van der Waals surface area contributed by atoms with Crippen LogP contribution in [0.2, 0.25) is 0 Å². The van der Waals surface area contributed by atoms with Crippen LogP contribution in [0.25, 0.3) is 11.1 Å². The lowest BCUT2D eigenvalue weighted by atomic mass is 9.96. The second kappa shape index (κ2) is 13.8. The maximum Gasteiger partial charge on any atom is 0.490 e. The predicted octanol–water partition coefficient (Wildman–Crippen LogP) is 5.10. The summed E-state index contributed by atoms with van der Waals surface area (Å²) in [4.78, 5) is 19.9. The number of ether oxygens (including phenoxy) is 2. The third-order valence-corrected chi connectivity index (χ3v) is 6.06. The summed E-state index contributed by atoms with van der Waals surface area (Å²) < 4.78 is 43.4. The number of carboxylic acids is 2. The van der Waals surface area contributed by atoms with Crippen molar-refractivity contribution in [1.82, 2.24) is 5.32 Å². The number of aliphatic hydroxyl groups excluding tert-OH is 1. The molecule has 3 aromatic rings. The molecule has 1 aliphatic heterocycles. The molecule has 0 amide bonds. The third kappa shape index (κ3) is 8.72. The Morgan fingerprint density at radius 1 is 1.05 bits per heavy atom. The van der Waals surface area contributed by atoms with E-state index in [0.29, 0.717) is 19.7 Å². The molecule has 0 radical (unpaired) electrons. The minimum atomic E-state index is -5.08. The lowest BCUT2D eigenvalue weighted by molar-refractivity contribution is -0.192. The van der Waals surface area contributed by atoms with Crippen LogP contribution in [0.4, 0.5) is 13.2 Å². The third-order valence-electron chi connectivity index (χ3n) is 6.06. The van der Waals surface area contributed by atoms with Crippen LogP contribution in [0, 0.1) is 0 Å². The van der Waals surface area contributed by atoms with Gasteiger partial charge in [-0.05, 0) is 78.4 Å². The molecule has 11 heteroatoms. The number of halogens is 3. The van der Waals surface area contributed by atoms with Crippen molar-refractivity contribution in [2.24, 2.45) is 0 Å². The number of rotatable bonds is 9. The van der Waals surface area contributed by atoms with Crippen molar-refractivity contribution in [2.45, 2.75) is 38.1 Å².